The lowest BCUT2D eigenvalue weighted by Gasteiger charge is -2.02. The van der Waals surface area contributed by atoms with E-state index in [0.29, 0.717) is 13.2 Å². The monoisotopic (exact) mass is 267 g/mol. The number of hydrogen-bond acceptors (Lipinski definition) is 3. The van der Waals surface area contributed by atoms with Gasteiger partial charge in [-0.2, -0.15) is 10.7 Å². The Morgan fingerprint density at radius 1 is 1.00 bits per heavy atom. The molecule has 0 amide bonds. The van der Waals surface area contributed by atoms with Crippen LogP contribution in [0.1, 0.15) is 16.7 Å². The Morgan fingerprint density at radius 2 is 1.75 bits per heavy atom. The van der Waals surface area contributed by atoms with Gasteiger partial charge < -0.3 is 0 Å². The van der Waals surface area contributed by atoms with Crippen molar-refractivity contribution in [2.24, 2.45) is 10.3 Å². The summed E-state index contributed by atoms with van der Waals surface area (Å²) in [6.07, 6.45) is 1.81. The van der Waals surface area contributed by atoms with Gasteiger partial charge in [-0.15, -0.1) is 0 Å². The van der Waals surface area contributed by atoms with E-state index >= 15 is 0 Å². The summed E-state index contributed by atoms with van der Waals surface area (Å²) in [6.45, 7) is 4.68. The van der Waals surface area contributed by atoms with Crippen molar-refractivity contribution < 1.29 is 4.84 Å². The van der Waals surface area contributed by atoms with Gasteiger partial charge in [-0.3, -0.25) is 4.84 Å². The number of benzene rings is 2. The normalized spacial score (nSPS) is 10.6. The van der Waals surface area contributed by atoms with Gasteiger partial charge in [0.2, 0.25) is 0 Å². The van der Waals surface area contributed by atoms with Gasteiger partial charge in [0.15, 0.2) is 0 Å². The van der Waals surface area contributed by atoms with Crippen molar-refractivity contribution >= 4 is 6.08 Å². The highest BCUT2D eigenvalue weighted by atomic mass is 16.7. The molecule has 0 atom stereocenters. The molecule has 0 unspecified atom stereocenters. The zero-order chi connectivity index (χ0) is 14.0. The minimum Gasteiger partial charge on any atom is -0.253 e. The van der Waals surface area contributed by atoms with Crippen LogP contribution in [0.4, 0.5) is 0 Å². The van der Waals surface area contributed by atoms with E-state index in [0.717, 1.165) is 16.7 Å². The summed E-state index contributed by atoms with van der Waals surface area (Å²) in [5.74, 6) is 0. The first kappa shape index (κ1) is 14.0. The molecule has 0 saturated carbocycles. The van der Waals surface area contributed by atoms with Gasteiger partial charge in [-0.1, -0.05) is 72.5 Å². The van der Waals surface area contributed by atoms with E-state index in [9.17, 15) is 0 Å². The molecule has 0 aliphatic carbocycles. The lowest BCUT2D eigenvalue weighted by molar-refractivity contribution is 0.0239. The Morgan fingerprint density at radius 3 is 2.45 bits per heavy atom. The molecule has 0 aliphatic heterocycles. The van der Waals surface area contributed by atoms with Crippen molar-refractivity contribution in [1.29, 1.82) is 0 Å². The van der Waals surface area contributed by atoms with E-state index in [2.05, 4.69) is 22.5 Å². The standard InChI is InChI=1S/C16H17N3O/c1-2-14-8-10-16(11-9-14)13-20-19-18-17-12-15-6-4-3-5-7-15/h2-11H,1,12-13H2,(H,17,19). The molecule has 0 fully saturated rings. The highest BCUT2D eigenvalue weighted by molar-refractivity contribution is 5.47. The summed E-state index contributed by atoms with van der Waals surface area (Å²) in [7, 11) is 0. The Kier molecular flexibility index (Phi) is 5.49. The van der Waals surface area contributed by atoms with Crippen LogP contribution in [-0.4, -0.2) is 0 Å². The predicted molar refractivity (Wildman–Crippen MR) is 79.5 cm³/mol. The van der Waals surface area contributed by atoms with Crippen molar-refractivity contribution in [2.45, 2.75) is 13.2 Å². The number of hydrogen-bond donors (Lipinski definition) is 1. The average molecular weight is 267 g/mol. The van der Waals surface area contributed by atoms with Crippen LogP contribution < -0.4 is 5.59 Å². The highest BCUT2D eigenvalue weighted by Crippen LogP contribution is 2.06. The molecular weight excluding hydrogens is 250 g/mol. The summed E-state index contributed by atoms with van der Waals surface area (Å²) in [5, 5.41) is 7.73. The number of nitrogens with one attached hydrogen (secondary N) is 1. The zero-order valence-corrected chi connectivity index (χ0v) is 11.2. The van der Waals surface area contributed by atoms with Crippen LogP contribution in [-0.2, 0) is 18.0 Å². The maximum Gasteiger partial charge on any atom is 0.102 e. The molecule has 0 spiro atoms. The molecular formula is C16H17N3O. The zero-order valence-electron chi connectivity index (χ0n) is 11.2. The second-order valence-electron chi connectivity index (χ2n) is 4.21. The molecule has 0 heterocycles. The summed E-state index contributed by atoms with van der Waals surface area (Å²) in [6, 6.07) is 17.9. The third-order valence-electron chi connectivity index (χ3n) is 2.73. The number of rotatable bonds is 7. The Bertz CT molecular complexity index is 550. The van der Waals surface area contributed by atoms with Gasteiger partial charge in [0.25, 0.3) is 0 Å². The topological polar surface area (TPSA) is 46.0 Å². The van der Waals surface area contributed by atoms with Crippen molar-refractivity contribution in [1.82, 2.24) is 5.59 Å². The fourth-order valence-electron chi connectivity index (χ4n) is 1.62. The quantitative estimate of drug-likeness (QED) is 0.469. The highest BCUT2D eigenvalue weighted by Gasteiger charge is 1.92. The summed E-state index contributed by atoms with van der Waals surface area (Å²) in [4.78, 5) is 5.19. The molecule has 2 aromatic carbocycles. The molecule has 1 N–H and O–H groups in total. The maximum atomic E-state index is 5.19. The molecule has 4 heteroatoms. The summed E-state index contributed by atoms with van der Waals surface area (Å²) >= 11 is 0. The molecule has 0 aliphatic rings. The first-order chi connectivity index (χ1) is 9.88. The molecule has 0 saturated heterocycles. The summed E-state index contributed by atoms with van der Waals surface area (Å²) < 4.78 is 0. The van der Waals surface area contributed by atoms with Crippen molar-refractivity contribution in [3.63, 3.8) is 0 Å². The van der Waals surface area contributed by atoms with Crippen molar-refractivity contribution in [3.8, 4) is 0 Å². The molecule has 2 aromatic rings. The third-order valence-corrected chi connectivity index (χ3v) is 2.73. The first-order valence-corrected chi connectivity index (χ1v) is 6.37. The van der Waals surface area contributed by atoms with Crippen LogP contribution in [0.15, 0.2) is 71.5 Å². The SMILES string of the molecule is C=Cc1ccc(CONN=NCc2ccccc2)cc1. The minimum atomic E-state index is 0.432. The lowest BCUT2D eigenvalue weighted by Crippen LogP contribution is -2.05. The van der Waals surface area contributed by atoms with Crippen LogP contribution in [0.25, 0.3) is 6.08 Å². The molecule has 20 heavy (non-hydrogen) atoms. The van der Waals surface area contributed by atoms with E-state index in [1.165, 1.54) is 0 Å². The molecule has 4 nitrogen and oxygen atoms in total. The van der Waals surface area contributed by atoms with E-state index in [-0.39, 0.29) is 0 Å². The molecule has 102 valence electrons. The second kappa shape index (κ2) is 7.86. The van der Waals surface area contributed by atoms with Gasteiger partial charge in [0.1, 0.15) is 6.61 Å². The molecule has 2 rings (SSSR count). The number of nitrogens with zero attached hydrogens (tertiary/aromatic N) is 2. The summed E-state index contributed by atoms with van der Waals surface area (Å²) in [5.41, 5.74) is 5.72. The van der Waals surface area contributed by atoms with Crippen LogP contribution in [0, 0.1) is 0 Å². The van der Waals surface area contributed by atoms with Crippen LogP contribution in [0.5, 0.6) is 0 Å². The van der Waals surface area contributed by atoms with Gasteiger partial charge in [-0.05, 0) is 16.7 Å². The predicted octanol–water partition coefficient (Wildman–Crippen LogP) is 3.92. The smallest absolute Gasteiger partial charge is 0.102 e. The first-order valence-electron chi connectivity index (χ1n) is 6.37. The third kappa shape index (κ3) is 4.66. The largest absolute Gasteiger partial charge is 0.253 e. The van der Waals surface area contributed by atoms with Gasteiger partial charge >= 0.3 is 0 Å². The van der Waals surface area contributed by atoms with Crippen molar-refractivity contribution in [2.75, 3.05) is 0 Å². The van der Waals surface area contributed by atoms with E-state index in [1.54, 1.807) is 6.08 Å². The Labute approximate surface area is 118 Å². The van der Waals surface area contributed by atoms with Crippen LogP contribution >= 0.6 is 0 Å². The lowest BCUT2D eigenvalue weighted by atomic mass is 10.1. The Hall–Kier alpha value is -2.46. The fraction of sp³-hybridized carbons (Fsp3) is 0.125. The van der Waals surface area contributed by atoms with Crippen LogP contribution in [0.2, 0.25) is 0 Å². The van der Waals surface area contributed by atoms with Crippen LogP contribution in [0.3, 0.4) is 0 Å². The second-order valence-corrected chi connectivity index (χ2v) is 4.21. The van der Waals surface area contributed by atoms with Gasteiger partial charge in [0.05, 0.1) is 6.54 Å². The average Bonchev–Trinajstić information content (AvgIpc) is 2.52. The van der Waals surface area contributed by atoms with E-state index < -0.39 is 0 Å². The maximum absolute atomic E-state index is 5.19. The molecule has 0 radical (unpaired) electrons. The molecule has 0 bridgehead atoms. The van der Waals surface area contributed by atoms with E-state index in [1.807, 2.05) is 54.6 Å². The van der Waals surface area contributed by atoms with E-state index in [4.69, 9.17) is 4.84 Å². The van der Waals surface area contributed by atoms with Gasteiger partial charge in [0, 0.05) is 0 Å². The Balaban J connectivity index is 1.67. The molecule has 0 aromatic heterocycles. The fourth-order valence-corrected chi connectivity index (χ4v) is 1.62. The van der Waals surface area contributed by atoms with Crippen molar-refractivity contribution in [3.05, 3.63) is 77.9 Å². The minimum absolute atomic E-state index is 0.432. The van der Waals surface area contributed by atoms with Gasteiger partial charge in [-0.25, -0.2) is 0 Å².